The van der Waals surface area contributed by atoms with Gasteiger partial charge in [-0.1, -0.05) is 6.07 Å². The number of nitrogens with two attached hydrogens (primary N) is 1. The quantitative estimate of drug-likeness (QED) is 0.773. The smallest absolute Gasteiger partial charge is 0.256 e. The molecular formula is C13H13N3O. The van der Waals surface area contributed by atoms with E-state index in [1.54, 1.807) is 42.7 Å². The number of nitrogen functional groups attached to an aromatic ring is 1. The first-order valence-electron chi connectivity index (χ1n) is 5.25. The summed E-state index contributed by atoms with van der Waals surface area (Å²) < 4.78 is 0. The summed E-state index contributed by atoms with van der Waals surface area (Å²) in [4.78, 5) is 15.9. The Kier molecular flexibility index (Phi) is 3.05. The first-order chi connectivity index (χ1) is 8.18. The molecule has 4 nitrogen and oxygen atoms in total. The van der Waals surface area contributed by atoms with Crippen LogP contribution in [0.15, 0.2) is 42.7 Å². The van der Waals surface area contributed by atoms with Crippen LogP contribution in [0.1, 0.15) is 15.9 Å². The Balaban J connectivity index is 2.24. The SMILES string of the molecule is Cc1c(N)cccc1C(=O)Nc1cccnc1. The maximum absolute atomic E-state index is 12.0. The van der Waals surface area contributed by atoms with E-state index in [1.807, 2.05) is 6.92 Å². The zero-order valence-corrected chi connectivity index (χ0v) is 9.47. The molecule has 1 heterocycles. The van der Waals surface area contributed by atoms with E-state index in [1.165, 1.54) is 0 Å². The number of hydrogen-bond donors (Lipinski definition) is 2. The van der Waals surface area contributed by atoms with E-state index in [4.69, 9.17) is 5.73 Å². The van der Waals surface area contributed by atoms with E-state index in [0.29, 0.717) is 16.9 Å². The van der Waals surface area contributed by atoms with Gasteiger partial charge in [0.05, 0.1) is 11.9 Å². The van der Waals surface area contributed by atoms with Gasteiger partial charge in [-0.3, -0.25) is 9.78 Å². The topological polar surface area (TPSA) is 68.0 Å². The molecule has 0 radical (unpaired) electrons. The van der Waals surface area contributed by atoms with Crippen LogP contribution < -0.4 is 11.1 Å². The highest BCUT2D eigenvalue weighted by Crippen LogP contribution is 2.16. The Labute approximate surface area is 99.5 Å². The number of nitrogens with zero attached hydrogens (tertiary/aromatic N) is 1. The average molecular weight is 227 g/mol. The third-order valence-electron chi connectivity index (χ3n) is 2.54. The molecule has 0 saturated carbocycles. The number of hydrogen-bond acceptors (Lipinski definition) is 3. The van der Waals surface area contributed by atoms with Crippen LogP contribution in [-0.2, 0) is 0 Å². The van der Waals surface area contributed by atoms with Crippen LogP contribution >= 0.6 is 0 Å². The Morgan fingerprint density at radius 2 is 2.12 bits per heavy atom. The number of amides is 1. The summed E-state index contributed by atoms with van der Waals surface area (Å²) in [5.74, 6) is -0.178. The van der Waals surface area contributed by atoms with Crippen molar-refractivity contribution in [1.82, 2.24) is 4.98 Å². The maximum Gasteiger partial charge on any atom is 0.256 e. The van der Waals surface area contributed by atoms with E-state index in [9.17, 15) is 4.79 Å². The van der Waals surface area contributed by atoms with Gasteiger partial charge in [-0.05, 0) is 36.8 Å². The van der Waals surface area contributed by atoms with E-state index in [0.717, 1.165) is 5.56 Å². The number of benzene rings is 1. The van der Waals surface area contributed by atoms with Crippen molar-refractivity contribution in [1.29, 1.82) is 0 Å². The summed E-state index contributed by atoms with van der Waals surface area (Å²) in [5, 5.41) is 2.77. The van der Waals surface area contributed by atoms with Gasteiger partial charge >= 0.3 is 0 Å². The van der Waals surface area contributed by atoms with Gasteiger partial charge in [-0.2, -0.15) is 0 Å². The molecular weight excluding hydrogens is 214 g/mol. The van der Waals surface area contributed by atoms with Crippen LogP contribution in [0.4, 0.5) is 11.4 Å². The van der Waals surface area contributed by atoms with Crippen molar-refractivity contribution >= 4 is 17.3 Å². The minimum Gasteiger partial charge on any atom is -0.398 e. The molecule has 4 heteroatoms. The highest BCUT2D eigenvalue weighted by Gasteiger charge is 2.10. The second-order valence-electron chi connectivity index (χ2n) is 3.72. The number of nitrogens with one attached hydrogen (secondary N) is 1. The van der Waals surface area contributed by atoms with Crippen molar-refractivity contribution in [3.63, 3.8) is 0 Å². The fourth-order valence-electron chi connectivity index (χ4n) is 1.53. The summed E-state index contributed by atoms with van der Waals surface area (Å²) in [5.41, 5.74) is 8.40. The summed E-state index contributed by atoms with van der Waals surface area (Å²) in [7, 11) is 0. The molecule has 1 aromatic carbocycles. The van der Waals surface area contributed by atoms with Gasteiger partial charge in [0.15, 0.2) is 0 Å². The Hall–Kier alpha value is -2.36. The molecule has 0 aliphatic rings. The van der Waals surface area contributed by atoms with Gasteiger partial charge in [0, 0.05) is 17.4 Å². The lowest BCUT2D eigenvalue weighted by Gasteiger charge is -2.08. The Bertz CT molecular complexity index is 538. The molecule has 86 valence electrons. The second kappa shape index (κ2) is 4.65. The molecule has 0 aliphatic heterocycles. The zero-order chi connectivity index (χ0) is 12.3. The summed E-state index contributed by atoms with van der Waals surface area (Å²) >= 11 is 0. The molecule has 1 amide bonds. The van der Waals surface area contributed by atoms with Crippen molar-refractivity contribution in [2.45, 2.75) is 6.92 Å². The van der Waals surface area contributed by atoms with Crippen LogP contribution in [0.25, 0.3) is 0 Å². The monoisotopic (exact) mass is 227 g/mol. The van der Waals surface area contributed by atoms with Crippen molar-refractivity contribution in [2.24, 2.45) is 0 Å². The molecule has 0 fully saturated rings. The van der Waals surface area contributed by atoms with E-state index in [2.05, 4.69) is 10.3 Å². The average Bonchev–Trinajstić information content (AvgIpc) is 2.34. The number of rotatable bonds is 2. The largest absolute Gasteiger partial charge is 0.398 e. The molecule has 0 unspecified atom stereocenters. The molecule has 0 atom stereocenters. The predicted molar refractivity (Wildman–Crippen MR) is 67.8 cm³/mol. The van der Waals surface area contributed by atoms with Gasteiger partial charge < -0.3 is 11.1 Å². The fourth-order valence-corrected chi connectivity index (χ4v) is 1.53. The third kappa shape index (κ3) is 2.42. The van der Waals surface area contributed by atoms with Crippen molar-refractivity contribution in [3.8, 4) is 0 Å². The lowest BCUT2D eigenvalue weighted by molar-refractivity contribution is 0.102. The molecule has 2 aromatic rings. The maximum atomic E-state index is 12.0. The lowest BCUT2D eigenvalue weighted by Crippen LogP contribution is -2.14. The molecule has 3 N–H and O–H groups in total. The van der Waals surface area contributed by atoms with Crippen LogP contribution in [-0.4, -0.2) is 10.9 Å². The summed E-state index contributed by atoms with van der Waals surface area (Å²) in [6.45, 7) is 1.83. The van der Waals surface area contributed by atoms with Crippen molar-refractivity contribution < 1.29 is 4.79 Å². The van der Waals surface area contributed by atoms with Crippen molar-refractivity contribution in [3.05, 3.63) is 53.9 Å². The van der Waals surface area contributed by atoms with E-state index in [-0.39, 0.29) is 5.91 Å². The second-order valence-corrected chi connectivity index (χ2v) is 3.72. The molecule has 0 aliphatic carbocycles. The minimum atomic E-state index is -0.178. The first kappa shape index (κ1) is 11.1. The standard InChI is InChI=1S/C13H13N3O/c1-9-11(5-2-6-12(9)14)13(17)16-10-4-3-7-15-8-10/h2-8H,14H2,1H3,(H,16,17). The number of carbonyl (C=O) groups is 1. The third-order valence-corrected chi connectivity index (χ3v) is 2.54. The van der Waals surface area contributed by atoms with E-state index >= 15 is 0 Å². The number of aromatic nitrogens is 1. The normalized spacial score (nSPS) is 9.94. The highest BCUT2D eigenvalue weighted by atomic mass is 16.1. The summed E-state index contributed by atoms with van der Waals surface area (Å²) in [6.07, 6.45) is 3.25. The molecule has 0 bridgehead atoms. The Morgan fingerprint density at radius 1 is 1.29 bits per heavy atom. The molecule has 0 spiro atoms. The fraction of sp³-hybridized carbons (Fsp3) is 0.0769. The molecule has 2 rings (SSSR count). The minimum absolute atomic E-state index is 0.178. The van der Waals surface area contributed by atoms with Crippen LogP contribution in [0, 0.1) is 6.92 Å². The Morgan fingerprint density at radius 3 is 2.82 bits per heavy atom. The lowest BCUT2D eigenvalue weighted by atomic mass is 10.1. The highest BCUT2D eigenvalue weighted by molar-refractivity contribution is 6.05. The molecule has 17 heavy (non-hydrogen) atoms. The van der Waals surface area contributed by atoms with Crippen LogP contribution in [0.2, 0.25) is 0 Å². The van der Waals surface area contributed by atoms with Crippen LogP contribution in [0.3, 0.4) is 0 Å². The van der Waals surface area contributed by atoms with Gasteiger partial charge in [0.25, 0.3) is 5.91 Å². The number of carbonyl (C=O) groups excluding carboxylic acids is 1. The molecule has 1 aromatic heterocycles. The van der Waals surface area contributed by atoms with Gasteiger partial charge in [0.2, 0.25) is 0 Å². The van der Waals surface area contributed by atoms with Gasteiger partial charge in [-0.15, -0.1) is 0 Å². The van der Waals surface area contributed by atoms with E-state index < -0.39 is 0 Å². The van der Waals surface area contributed by atoms with Gasteiger partial charge in [0.1, 0.15) is 0 Å². The molecule has 0 saturated heterocycles. The van der Waals surface area contributed by atoms with Gasteiger partial charge in [-0.25, -0.2) is 0 Å². The predicted octanol–water partition coefficient (Wildman–Crippen LogP) is 2.22. The van der Waals surface area contributed by atoms with Crippen molar-refractivity contribution in [2.75, 3.05) is 11.1 Å². The van der Waals surface area contributed by atoms with Crippen LogP contribution in [0.5, 0.6) is 0 Å². The summed E-state index contributed by atoms with van der Waals surface area (Å²) in [6, 6.07) is 8.84. The number of pyridine rings is 1. The zero-order valence-electron chi connectivity index (χ0n) is 9.47. The number of anilines is 2. The first-order valence-corrected chi connectivity index (χ1v) is 5.25.